The summed E-state index contributed by atoms with van der Waals surface area (Å²) < 4.78 is 0. The lowest BCUT2D eigenvalue weighted by Gasteiger charge is -2.19. The molecule has 6 heteroatoms. The summed E-state index contributed by atoms with van der Waals surface area (Å²) in [5.41, 5.74) is 2.83. The first-order valence-corrected chi connectivity index (χ1v) is 7.68. The number of nitro benzene ring substituents is 1. The molecule has 0 N–H and O–H groups in total. The van der Waals surface area contributed by atoms with Crippen LogP contribution in [0.5, 0.6) is 0 Å². The van der Waals surface area contributed by atoms with E-state index in [1.54, 1.807) is 18.3 Å². The molecule has 0 unspecified atom stereocenters. The molecule has 0 bridgehead atoms. The summed E-state index contributed by atoms with van der Waals surface area (Å²) in [5.74, 6) is 0. The highest BCUT2D eigenvalue weighted by Gasteiger charge is 2.14. The zero-order valence-corrected chi connectivity index (χ0v) is 13.3. The Bertz CT molecular complexity index is 620. The van der Waals surface area contributed by atoms with Crippen molar-refractivity contribution < 1.29 is 4.92 Å². The second-order valence-electron chi connectivity index (χ2n) is 4.70. The number of pyridine rings is 1. The molecule has 0 aliphatic heterocycles. The lowest BCUT2D eigenvalue weighted by molar-refractivity contribution is -0.385. The Morgan fingerprint density at radius 1 is 1.33 bits per heavy atom. The van der Waals surface area contributed by atoms with Gasteiger partial charge in [-0.1, -0.05) is 22.0 Å². The predicted molar refractivity (Wildman–Crippen MR) is 86.9 cm³/mol. The Balaban J connectivity index is 2.08. The number of likely N-dealkylation sites (N-methyl/N-ethyl adjacent to an activating group) is 1. The van der Waals surface area contributed by atoms with Gasteiger partial charge in [-0.15, -0.1) is 0 Å². The Hall–Kier alpha value is -1.95. The minimum absolute atomic E-state index is 0.147. The van der Waals surface area contributed by atoms with Crippen LogP contribution < -0.4 is 4.90 Å². The topological polar surface area (TPSA) is 59.3 Å². The van der Waals surface area contributed by atoms with Crippen LogP contribution in [0.2, 0.25) is 0 Å². The SMILES string of the molecule is CN(CCc1ccccn1)c1ccc([N+](=O)[O-])c(CBr)c1. The lowest BCUT2D eigenvalue weighted by Crippen LogP contribution is -2.20. The van der Waals surface area contributed by atoms with Crippen molar-refractivity contribution in [2.24, 2.45) is 0 Å². The van der Waals surface area contributed by atoms with Gasteiger partial charge in [0.05, 0.1) is 4.92 Å². The van der Waals surface area contributed by atoms with Gasteiger partial charge in [0.25, 0.3) is 5.69 Å². The number of benzene rings is 1. The fourth-order valence-corrected chi connectivity index (χ4v) is 2.50. The zero-order valence-electron chi connectivity index (χ0n) is 11.7. The molecule has 0 aliphatic carbocycles. The van der Waals surface area contributed by atoms with Gasteiger partial charge in [-0.2, -0.15) is 0 Å². The van der Waals surface area contributed by atoms with E-state index < -0.39 is 0 Å². The molecule has 2 aromatic rings. The standard InChI is InChI=1S/C15H16BrN3O2/c1-18(9-7-13-4-2-3-8-17-13)14-5-6-15(19(20)21)12(10-14)11-16/h2-6,8,10H,7,9,11H2,1H3. The summed E-state index contributed by atoms with van der Waals surface area (Å²) in [6.45, 7) is 0.802. The Labute approximate surface area is 131 Å². The van der Waals surface area contributed by atoms with Crippen LogP contribution in [0.4, 0.5) is 11.4 Å². The molecule has 21 heavy (non-hydrogen) atoms. The van der Waals surface area contributed by atoms with Gasteiger partial charge in [-0.3, -0.25) is 15.1 Å². The molecule has 1 aromatic carbocycles. The zero-order chi connectivity index (χ0) is 15.2. The largest absolute Gasteiger partial charge is 0.374 e. The van der Waals surface area contributed by atoms with Gasteiger partial charge in [-0.05, 0) is 24.3 Å². The van der Waals surface area contributed by atoms with E-state index in [1.165, 1.54) is 0 Å². The highest BCUT2D eigenvalue weighted by atomic mass is 79.9. The van der Waals surface area contributed by atoms with E-state index in [4.69, 9.17) is 0 Å². The van der Waals surface area contributed by atoms with Crippen LogP contribution in [0, 0.1) is 10.1 Å². The number of anilines is 1. The number of hydrogen-bond acceptors (Lipinski definition) is 4. The predicted octanol–water partition coefficient (Wildman–Crippen LogP) is 3.56. The highest BCUT2D eigenvalue weighted by molar-refractivity contribution is 9.08. The van der Waals surface area contributed by atoms with Crippen LogP contribution in [-0.2, 0) is 11.8 Å². The molecule has 0 spiro atoms. The molecule has 1 aromatic heterocycles. The quantitative estimate of drug-likeness (QED) is 0.454. The monoisotopic (exact) mass is 349 g/mol. The Morgan fingerprint density at radius 3 is 2.76 bits per heavy atom. The molecule has 0 radical (unpaired) electrons. The van der Waals surface area contributed by atoms with Crippen molar-refractivity contribution in [3.8, 4) is 0 Å². The summed E-state index contributed by atoms with van der Waals surface area (Å²) in [7, 11) is 1.97. The minimum atomic E-state index is -0.353. The van der Waals surface area contributed by atoms with E-state index in [1.807, 2.05) is 31.3 Å². The van der Waals surface area contributed by atoms with Crippen molar-refractivity contribution in [1.82, 2.24) is 4.98 Å². The van der Waals surface area contributed by atoms with Crippen LogP contribution in [0.25, 0.3) is 0 Å². The Morgan fingerprint density at radius 2 is 2.14 bits per heavy atom. The van der Waals surface area contributed by atoms with Crippen molar-refractivity contribution in [3.63, 3.8) is 0 Å². The molecular weight excluding hydrogens is 334 g/mol. The normalized spacial score (nSPS) is 10.4. The molecule has 0 saturated carbocycles. The van der Waals surface area contributed by atoms with Gasteiger partial charge in [0, 0.05) is 54.6 Å². The summed E-state index contributed by atoms with van der Waals surface area (Å²) in [5, 5.41) is 11.4. The van der Waals surface area contributed by atoms with Crippen LogP contribution in [-0.4, -0.2) is 23.5 Å². The molecule has 0 atom stereocenters. The van der Waals surface area contributed by atoms with Crippen molar-refractivity contribution in [3.05, 3.63) is 64.0 Å². The van der Waals surface area contributed by atoms with E-state index in [9.17, 15) is 10.1 Å². The van der Waals surface area contributed by atoms with Crippen molar-refractivity contribution in [1.29, 1.82) is 0 Å². The minimum Gasteiger partial charge on any atom is -0.374 e. The number of aromatic nitrogens is 1. The summed E-state index contributed by atoms with van der Waals surface area (Å²) in [6.07, 6.45) is 2.61. The fraction of sp³-hybridized carbons (Fsp3) is 0.267. The van der Waals surface area contributed by atoms with Crippen LogP contribution >= 0.6 is 15.9 Å². The summed E-state index contributed by atoms with van der Waals surface area (Å²) >= 11 is 3.30. The first kappa shape index (κ1) is 15.4. The average Bonchev–Trinajstić information content (AvgIpc) is 2.52. The van der Waals surface area contributed by atoms with E-state index in [-0.39, 0.29) is 10.6 Å². The third kappa shape index (κ3) is 4.01. The Kier molecular flexibility index (Phi) is 5.27. The van der Waals surface area contributed by atoms with E-state index >= 15 is 0 Å². The fourth-order valence-electron chi connectivity index (χ4n) is 2.05. The molecule has 0 aliphatic rings. The summed E-state index contributed by atoms with van der Waals surface area (Å²) in [4.78, 5) is 16.9. The molecule has 2 rings (SSSR count). The maximum absolute atomic E-state index is 10.9. The highest BCUT2D eigenvalue weighted by Crippen LogP contribution is 2.26. The van der Waals surface area contributed by atoms with E-state index in [2.05, 4.69) is 25.8 Å². The van der Waals surface area contributed by atoms with Gasteiger partial charge in [0.1, 0.15) is 0 Å². The number of alkyl halides is 1. The van der Waals surface area contributed by atoms with Crippen LogP contribution in [0.15, 0.2) is 42.6 Å². The molecule has 0 fully saturated rings. The van der Waals surface area contributed by atoms with E-state index in [0.29, 0.717) is 10.9 Å². The van der Waals surface area contributed by atoms with Crippen LogP contribution in [0.3, 0.4) is 0 Å². The average molecular weight is 350 g/mol. The van der Waals surface area contributed by atoms with Gasteiger partial charge in [-0.25, -0.2) is 0 Å². The number of rotatable bonds is 6. The van der Waals surface area contributed by atoms with Gasteiger partial charge < -0.3 is 4.90 Å². The number of hydrogen-bond donors (Lipinski definition) is 0. The molecule has 0 saturated heterocycles. The maximum atomic E-state index is 10.9. The van der Waals surface area contributed by atoms with Gasteiger partial charge in [0.2, 0.25) is 0 Å². The maximum Gasteiger partial charge on any atom is 0.273 e. The second-order valence-corrected chi connectivity index (χ2v) is 5.26. The summed E-state index contributed by atoms with van der Waals surface area (Å²) in [6, 6.07) is 11.0. The third-order valence-electron chi connectivity index (χ3n) is 3.27. The van der Waals surface area contributed by atoms with Crippen molar-refractivity contribution in [2.75, 3.05) is 18.5 Å². The number of halogens is 1. The van der Waals surface area contributed by atoms with Gasteiger partial charge >= 0.3 is 0 Å². The molecule has 1 heterocycles. The number of nitro groups is 1. The lowest BCUT2D eigenvalue weighted by atomic mass is 10.1. The molecule has 5 nitrogen and oxygen atoms in total. The van der Waals surface area contributed by atoms with Crippen LogP contribution in [0.1, 0.15) is 11.3 Å². The molecule has 110 valence electrons. The first-order valence-electron chi connectivity index (χ1n) is 6.56. The van der Waals surface area contributed by atoms with Crippen molar-refractivity contribution in [2.45, 2.75) is 11.8 Å². The molecular formula is C15H16BrN3O2. The first-order chi connectivity index (χ1) is 10.1. The second kappa shape index (κ2) is 7.17. The van der Waals surface area contributed by atoms with Crippen molar-refractivity contribution >= 4 is 27.3 Å². The third-order valence-corrected chi connectivity index (χ3v) is 3.88. The number of nitrogens with zero attached hydrogens (tertiary/aromatic N) is 3. The smallest absolute Gasteiger partial charge is 0.273 e. The van der Waals surface area contributed by atoms with E-state index in [0.717, 1.165) is 24.3 Å². The van der Waals surface area contributed by atoms with Gasteiger partial charge in [0.15, 0.2) is 0 Å². The molecule has 0 amide bonds.